The van der Waals surface area contributed by atoms with Crippen LogP contribution in [-0.2, 0) is 9.05 Å². The van der Waals surface area contributed by atoms with E-state index in [4.69, 9.17) is 22.3 Å². The van der Waals surface area contributed by atoms with E-state index in [0.717, 1.165) is 0 Å². The van der Waals surface area contributed by atoms with Gasteiger partial charge >= 0.3 is 0 Å². The molecule has 1 aliphatic rings. The summed E-state index contributed by atoms with van der Waals surface area (Å²) in [5.41, 5.74) is 0.780. The molecule has 0 radical (unpaired) electrons. The monoisotopic (exact) mass is 349 g/mol. The van der Waals surface area contributed by atoms with Gasteiger partial charge in [-0.3, -0.25) is 4.79 Å². The van der Waals surface area contributed by atoms with Gasteiger partial charge in [-0.25, -0.2) is 8.42 Å². The second-order valence-corrected chi connectivity index (χ2v) is 8.51. The number of hydrogen-bond acceptors (Lipinski definition) is 3. The molecule has 0 spiro atoms. The highest BCUT2D eigenvalue weighted by atomic mass is 35.7. The summed E-state index contributed by atoms with van der Waals surface area (Å²) in [5.74, 6) is 0.776. The fourth-order valence-corrected chi connectivity index (χ4v) is 3.28. The fourth-order valence-electron chi connectivity index (χ4n) is 2.21. The molecule has 7 heteroatoms. The molecule has 4 nitrogen and oxygen atoms in total. The van der Waals surface area contributed by atoms with Crippen LogP contribution in [0.2, 0.25) is 5.02 Å². The zero-order chi connectivity index (χ0) is 15.8. The summed E-state index contributed by atoms with van der Waals surface area (Å²) in [6.45, 7) is 4.34. The van der Waals surface area contributed by atoms with Crippen molar-refractivity contribution >= 4 is 37.2 Å². The zero-order valence-corrected chi connectivity index (χ0v) is 14.1. The van der Waals surface area contributed by atoms with E-state index in [9.17, 15) is 13.2 Å². The van der Waals surface area contributed by atoms with Crippen molar-refractivity contribution < 1.29 is 13.2 Å². The SMILES string of the molecule is Cc1c(Cl)cc(S(=O)(=O)Cl)cc1C(=O)NCC(C)C1CC1. The maximum atomic E-state index is 12.2. The van der Waals surface area contributed by atoms with Crippen LogP contribution in [0.4, 0.5) is 0 Å². The molecule has 0 heterocycles. The van der Waals surface area contributed by atoms with Crippen LogP contribution in [-0.4, -0.2) is 20.9 Å². The van der Waals surface area contributed by atoms with E-state index in [1.165, 1.54) is 25.0 Å². The molecule has 1 unspecified atom stereocenters. The van der Waals surface area contributed by atoms with Crippen molar-refractivity contribution in [3.63, 3.8) is 0 Å². The molecule has 1 N–H and O–H groups in total. The highest BCUT2D eigenvalue weighted by Gasteiger charge is 2.28. The molecule has 1 saturated carbocycles. The molecule has 1 aliphatic carbocycles. The average Bonchev–Trinajstić information content (AvgIpc) is 3.21. The average molecular weight is 350 g/mol. The largest absolute Gasteiger partial charge is 0.352 e. The van der Waals surface area contributed by atoms with Crippen molar-refractivity contribution in [1.29, 1.82) is 0 Å². The van der Waals surface area contributed by atoms with Crippen LogP contribution < -0.4 is 5.32 Å². The standard InChI is InChI=1S/C14H17Cl2NO3S/c1-8(10-3-4-10)7-17-14(18)12-5-11(21(16,19)20)6-13(15)9(12)2/h5-6,8,10H,3-4,7H2,1-2H3,(H,17,18). The summed E-state index contributed by atoms with van der Waals surface area (Å²) in [5, 5.41) is 3.04. The summed E-state index contributed by atoms with van der Waals surface area (Å²) >= 11 is 5.99. The lowest BCUT2D eigenvalue weighted by Crippen LogP contribution is -2.29. The van der Waals surface area contributed by atoms with Crippen molar-refractivity contribution in [2.45, 2.75) is 31.6 Å². The molecule has 1 amide bonds. The Morgan fingerprint density at radius 2 is 2.05 bits per heavy atom. The summed E-state index contributed by atoms with van der Waals surface area (Å²) in [4.78, 5) is 12.1. The van der Waals surface area contributed by atoms with Gasteiger partial charge in [0.15, 0.2) is 0 Å². The Hall–Kier alpha value is -0.780. The van der Waals surface area contributed by atoms with E-state index in [-0.39, 0.29) is 21.4 Å². The first-order valence-corrected chi connectivity index (χ1v) is 9.42. The number of halogens is 2. The predicted octanol–water partition coefficient (Wildman–Crippen LogP) is 3.35. The van der Waals surface area contributed by atoms with E-state index in [0.29, 0.717) is 23.9 Å². The zero-order valence-electron chi connectivity index (χ0n) is 11.8. The Morgan fingerprint density at radius 1 is 1.43 bits per heavy atom. The van der Waals surface area contributed by atoms with Gasteiger partial charge in [0.2, 0.25) is 0 Å². The van der Waals surface area contributed by atoms with Gasteiger partial charge in [0.25, 0.3) is 15.0 Å². The molecule has 1 atom stereocenters. The number of rotatable bonds is 5. The highest BCUT2D eigenvalue weighted by Crippen LogP contribution is 2.36. The van der Waals surface area contributed by atoms with E-state index in [2.05, 4.69) is 12.2 Å². The van der Waals surface area contributed by atoms with Gasteiger partial charge in [-0.1, -0.05) is 18.5 Å². The number of carbonyl (C=O) groups excluding carboxylic acids is 1. The van der Waals surface area contributed by atoms with Crippen LogP contribution in [0.1, 0.15) is 35.7 Å². The van der Waals surface area contributed by atoms with Gasteiger partial charge in [-0.15, -0.1) is 0 Å². The molecule has 2 rings (SSSR count). The van der Waals surface area contributed by atoms with Gasteiger partial charge in [-0.2, -0.15) is 0 Å². The summed E-state index contributed by atoms with van der Waals surface area (Å²) in [7, 11) is 1.39. The van der Waals surface area contributed by atoms with Crippen LogP contribution in [0.25, 0.3) is 0 Å². The molecule has 0 saturated heterocycles. The minimum atomic E-state index is -3.93. The van der Waals surface area contributed by atoms with Gasteiger partial charge in [0.1, 0.15) is 0 Å². The molecule has 21 heavy (non-hydrogen) atoms. The molecule has 1 fully saturated rings. The first-order valence-electron chi connectivity index (χ1n) is 6.73. The van der Waals surface area contributed by atoms with E-state index >= 15 is 0 Å². The van der Waals surface area contributed by atoms with E-state index in [1.807, 2.05) is 0 Å². The quantitative estimate of drug-likeness (QED) is 0.829. The molecular weight excluding hydrogens is 333 g/mol. The minimum Gasteiger partial charge on any atom is -0.352 e. The topological polar surface area (TPSA) is 63.2 Å². The number of nitrogens with one attached hydrogen (secondary N) is 1. The van der Waals surface area contributed by atoms with Crippen LogP contribution >= 0.6 is 22.3 Å². The lowest BCUT2D eigenvalue weighted by molar-refractivity contribution is 0.0946. The molecule has 0 bridgehead atoms. The normalized spacial score (nSPS) is 16.6. The summed E-state index contributed by atoms with van der Waals surface area (Å²) in [6.07, 6.45) is 2.42. The Morgan fingerprint density at radius 3 is 2.57 bits per heavy atom. The molecule has 0 aromatic heterocycles. The smallest absolute Gasteiger partial charge is 0.261 e. The van der Waals surface area contributed by atoms with Crippen LogP contribution in [0.3, 0.4) is 0 Å². The van der Waals surface area contributed by atoms with E-state index in [1.54, 1.807) is 6.92 Å². The second kappa shape index (κ2) is 6.15. The van der Waals surface area contributed by atoms with Crippen molar-refractivity contribution in [2.24, 2.45) is 11.8 Å². The van der Waals surface area contributed by atoms with Gasteiger partial charge in [-0.05, 0) is 49.3 Å². The summed E-state index contributed by atoms with van der Waals surface area (Å²) in [6, 6.07) is 2.52. The van der Waals surface area contributed by atoms with Gasteiger partial charge in [0.05, 0.1) is 4.90 Å². The third-order valence-electron chi connectivity index (χ3n) is 3.86. The Bertz CT molecular complexity index is 669. The van der Waals surface area contributed by atoms with Crippen molar-refractivity contribution in [1.82, 2.24) is 5.32 Å². The van der Waals surface area contributed by atoms with Crippen LogP contribution in [0, 0.1) is 18.8 Å². The summed E-state index contributed by atoms with van der Waals surface area (Å²) < 4.78 is 22.8. The number of hydrogen-bond donors (Lipinski definition) is 1. The minimum absolute atomic E-state index is 0.167. The second-order valence-electron chi connectivity index (χ2n) is 5.54. The molecular formula is C14H17Cl2NO3S. The van der Waals surface area contributed by atoms with Crippen LogP contribution in [0.5, 0.6) is 0 Å². The third-order valence-corrected chi connectivity index (χ3v) is 5.58. The fraction of sp³-hybridized carbons (Fsp3) is 0.500. The molecule has 1 aromatic rings. The number of carbonyl (C=O) groups is 1. The molecule has 116 valence electrons. The number of amides is 1. The molecule has 1 aromatic carbocycles. The lowest BCUT2D eigenvalue weighted by atomic mass is 10.1. The molecule has 0 aliphatic heterocycles. The van der Waals surface area contributed by atoms with Gasteiger partial charge < -0.3 is 5.32 Å². The third kappa shape index (κ3) is 4.11. The maximum Gasteiger partial charge on any atom is 0.261 e. The van der Waals surface area contributed by atoms with Crippen molar-refractivity contribution in [3.8, 4) is 0 Å². The maximum absolute atomic E-state index is 12.2. The van der Waals surface area contributed by atoms with Gasteiger partial charge in [0, 0.05) is 27.8 Å². The number of benzene rings is 1. The highest BCUT2D eigenvalue weighted by molar-refractivity contribution is 8.13. The Kier molecular flexibility index (Phi) is 4.85. The Balaban J connectivity index is 2.21. The van der Waals surface area contributed by atoms with Crippen molar-refractivity contribution in [3.05, 3.63) is 28.3 Å². The van der Waals surface area contributed by atoms with Crippen LogP contribution in [0.15, 0.2) is 17.0 Å². The predicted molar refractivity (Wildman–Crippen MR) is 83.4 cm³/mol. The Labute approximate surface area is 134 Å². The first-order chi connectivity index (χ1) is 9.70. The van der Waals surface area contributed by atoms with E-state index < -0.39 is 9.05 Å². The lowest BCUT2D eigenvalue weighted by Gasteiger charge is -2.13. The first kappa shape index (κ1) is 16.6. The van der Waals surface area contributed by atoms with Crippen molar-refractivity contribution in [2.75, 3.05) is 6.54 Å².